The molecule has 33 heavy (non-hydrogen) atoms. The molecule has 0 radical (unpaired) electrons. The van der Waals surface area contributed by atoms with E-state index in [1.165, 1.54) is 6.08 Å². The van der Waals surface area contributed by atoms with E-state index in [-0.39, 0.29) is 18.1 Å². The van der Waals surface area contributed by atoms with Gasteiger partial charge in [0.05, 0.1) is 7.11 Å². The van der Waals surface area contributed by atoms with E-state index in [0.29, 0.717) is 28.4 Å². The molecular formula is C26H23N3O4. The van der Waals surface area contributed by atoms with Crippen molar-refractivity contribution in [1.82, 2.24) is 0 Å². The van der Waals surface area contributed by atoms with Crippen molar-refractivity contribution in [2.45, 2.75) is 6.92 Å². The maximum absolute atomic E-state index is 12.4. The van der Waals surface area contributed by atoms with E-state index in [0.717, 1.165) is 5.56 Å². The van der Waals surface area contributed by atoms with Crippen LogP contribution in [0, 0.1) is 18.3 Å². The number of nitrogens with one attached hydrogen (secondary N) is 2. The van der Waals surface area contributed by atoms with Crippen molar-refractivity contribution in [1.29, 1.82) is 5.26 Å². The number of nitrogens with zero attached hydrogens (tertiary/aromatic N) is 1. The van der Waals surface area contributed by atoms with Crippen LogP contribution in [0.5, 0.6) is 11.5 Å². The van der Waals surface area contributed by atoms with Crippen LogP contribution < -0.4 is 20.1 Å². The third-order valence-electron chi connectivity index (χ3n) is 4.61. The van der Waals surface area contributed by atoms with Gasteiger partial charge in [0, 0.05) is 11.4 Å². The molecule has 3 aromatic rings. The van der Waals surface area contributed by atoms with Crippen LogP contribution in [-0.2, 0) is 9.59 Å². The van der Waals surface area contributed by atoms with Crippen molar-refractivity contribution in [2.24, 2.45) is 0 Å². The molecule has 0 saturated heterocycles. The van der Waals surface area contributed by atoms with E-state index in [2.05, 4.69) is 10.6 Å². The minimum Gasteiger partial charge on any atom is -0.497 e. The van der Waals surface area contributed by atoms with Gasteiger partial charge in [-0.05, 0) is 67.1 Å². The number of ether oxygens (including phenoxy) is 2. The molecular weight excluding hydrogens is 418 g/mol. The maximum Gasteiger partial charge on any atom is 0.266 e. The van der Waals surface area contributed by atoms with Gasteiger partial charge in [0.15, 0.2) is 6.61 Å². The SMILES string of the molecule is COc1ccc(NC(=O)COc2ccc(/C=C(/C#N)C(=O)Nc3ccc(C)cc3)cc2)cc1. The van der Waals surface area contributed by atoms with Crippen LogP contribution in [0.25, 0.3) is 6.08 Å². The molecule has 2 amide bonds. The molecule has 0 saturated carbocycles. The molecule has 3 aromatic carbocycles. The number of aryl methyl sites for hydroxylation is 1. The molecule has 0 atom stereocenters. The fourth-order valence-electron chi connectivity index (χ4n) is 2.83. The number of amides is 2. The number of nitriles is 1. The highest BCUT2D eigenvalue weighted by atomic mass is 16.5. The normalized spacial score (nSPS) is 10.6. The lowest BCUT2D eigenvalue weighted by Crippen LogP contribution is -2.20. The summed E-state index contributed by atoms with van der Waals surface area (Å²) in [7, 11) is 1.57. The first kappa shape index (κ1) is 23.1. The van der Waals surface area contributed by atoms with Gasteiger partial charge in [0.1, 0.15) is 23.1 Å². The van der Waals surface area contributed by atoms with Crippen molar-refractivity contribution in [3.8, 4) is 17.6 Å². The van der Waals surface area contributed by atoms with E-state index < -0.39 is 5.91 Å². The molecule has 166 valence electrons. The Kier molecular flexibility index (Phi) is 7.81. The number of hydrogen-bond donors (Lipinski definition) is 2. The van der Waals surface area contributed by atoms with Crippen LogP contribution in [0.15, 0.2) is 78.4 Å². The summed E-state index contributed by atoms with van der Waals surface area (Å²) in [5.74, 6) is 0.394. The van der Waals surface area contributed by atoms with Crippen LogP contribution >= 0.6 is 0 Å². The van der Waals surface area contributed by atoms with Crippen LogP contribution in [0.4, 0.5) is 11.4 Å². The molecule has 7 heteroatoms. The van der Waals surface area contributed by atoms with Gasteiger partial charge in [0.2, 0.25) is 0 Å². The molecule has 0 aromatic heterocycles. The largest absolute Gasteiger partial charge is 0.497 e. The average molecular weight is 441 g/mol. The summed E-state index contributed by atoms with van der Waals surface area (Å²) >= 11 is 0. The van der Waals surface area contributed by atoms with Gasteiger partial charge in [-0.25, -0.2) is 0 Å². The van der Waals surface area contributed by atoms with Gasteiger partial charge in [-0.15, -0.1) is 0 Å². The number of hydrogen-bond acceptors (Lipinski definition) is 5. The topological polar surface area (TPSA) is 100 Å². The quantitative estimate of drug-likeness (QED) is 0.394. The van der Waals surface area contributed by atoms with E-state index >= 15 is 0 Å². The zero-order chi connectivity index (χ0) is 23.6. The first-order valence-electron chi connectivity index (χ1n) is 10.1. The average Bonchev–Trinajstić information content (AvgIpc) is 2.83. The third kappa shape index (κ3) is 6.97. The smallest absolute Gasteiger partial charge is 0.266 e. The van der Waals surface area contributed by atoms with E-state index in [9.17, 15) is 14.9 Å². The summed E-state index contributed by atoms with van der Waals surface area (Å²) < 4.78 is 10.6. The van der Waals surface area contributed by atoms with Crippen molar-refractivity contribution in [3.05, 3.63) is 89.5 Å². The molecule has 0 fully saturated rings. The van der Waals surface area contributed by atoms with Crippen LogP contribution in [0.3, 0.4) is 0 Å². The fraction of sp³-hybridized carbons (Fsp3) is 0.115. The molecule has 0 aliphatic rings. The van der Waals surface area contributed by atoms with Gasteiger partial charge in [-0.1, -0.05) is 29.8 Å². The van der Waals surface area contributed by atoms with Gasteiger partial charge in [-0.3, -0.25) is 9.59 Å². The Labute approximate surface area is 192 Å². The molecule has 2 N–H and O–H groups in total. The highest BCUT2D eigenvalue weighted by Gasteiger charge is 2.10. The minimum atomic E-state index is -0.489. The zero-order valence-corrected chi connectivity index (χ0v) is 18.3. The lowest BCUT2D eigenvalue weighted by Gasteiger charge is -2.08. The lowest BCUT2D eigenvalue weighted by molar-refractivity contribution is -0.118. The minimum absolute atomic E-state index is 0.0249. The lowest BCUT2D eigenvalue weighted by atomic mass is 10.1. The monoisotopic (exact) mass is 441 g/mol. The summed E-state index contributed by atoms with van der Waals surface area (Å²) in [4.78, 5) is 24.5. The standard InChI is InChI=1S/C26H23N3O4/c1-18-3-7-22(8-4-18)29-26(31)20(16-27)15-19-5-11-24(12-6-19)33-17-25(30)28-21-9-13-23(32-2)14-10-21/h3-15H,17H2,1-2H3,(H,28,30)(H,29,31)/b20-15-. The first-order valence-corrected chi connectivity index (χ1v) is 10.1. The van der Waals surface area contributed by atoms with E-state index in [1.807, 2.05) is 25.1 Å². The fourth-order valence-corrected chi connectivity index (χ4v) is 2.83. The molecule has 0 spiro atoms. The molecule has 7 nitrogen and oxygen atoms in total. The molecule has 0 bridgehead atoms. The summed E-state index contributed by atoms with van der Waals surface area (Å²) in [6.07, 6.45) is 1.49. The second-order valence-electron chi connectivity index (χ2n) is 7.12. The van der Waals surface area contributed by atoms with Crippen LogP contribution in [0.1, 0.15) is 11.1 Å². The Morgan fingerprint density at radius 3 is 2.06 bits per heavy atom. The van der Waals surface area contributed by atoms with Gasteiger partial charge in [-0.2, -0.15) is 5.26 Å². The summed E-state index contributed by atoms with van der Waals surface area (Å²) in [6, 6.07) is 22.9. The second-order valence-corrected chi connectivity index (χ2v) is 7.12. The number of carbonyl (C=O) groups is 2. The number of methoxy groups -OCH3 is 1. The molecule has 0 unspecified atom stereocenters. The van der Waals surface area contributed by atoms with Crippen LogP contribution in [0.2, 0.25) is 0 Å². The number of anilines is 2. The Morgan fingerprint density at radius 1 is 0.879 bits per heavy atom. The van der Waals surface area contributed by atoms with Crippen molar-refractivity contribution < 1.29 is 19.1 Å². The van der Waals surface area contributed by atoms with Crippen molar-refractivity contribution in [2.75, 3.05) is 24.4 Å². The van der Waals surface area contributed by atoms with E-state index in [1.54, 1.807) is 67.8 Å². The molecule has 0 aliphatic carbocycles. The van der Waals surface area contributed by atoms with Crippen LogP contribution in [-0.4, -0.2) is 25.5 Å². The highest BCUT2D eigenvalue weighted by molar-refractivity contribution is 6.09. The third-order valence-corrected chi connectivity index (χ3v) is 4.61. The number of benzene rings is 3. The molecule has 0 aliphatic heterocycles. The molecule has 3 rings (SSSR count). The maximum atomic E-state index is 12.4. The zero-order valence-electron chi connectivity index (χ0n) is 18.3. The number of carbonyl (C=O) groups excluding carboxylic acids is 2. The van der Waals surface area contributed by atoms with Crippen molar-refractivity contribution >= 4 is 29.3 Å². The molecule has 0 heterocycles. The number of rotatable bonds is 8. The summed E-state index contributed by atoms with van der Waals surface area (Å²) in [5.41, 5.74) is 2.95. The van der Waals surface area contributed by atoms with E-state index in [4.69, 9.17) is 9.47 Å². The summed E-state index contributed by atoms with van der Waals surface area (Å²) in [6.45, 7) is 1.79. The second kappa shape index (κ2) is 11.2. The summed E-state index contributed by atoms with van der Waals surface area (Å²) in [5, 5.41) is 14.8. The Bertz CT molecular complexity index is 1180. The van der Waals surface area contributed by atoms with Crippen molar-refractivity contribution in [3.63, 3.8) is 0 Å². The predicted molar refractivity (Wildman–Crippen MR) is 127 cm³/mol. The Balaban J connectivity index is 1.55. The van der Waals surface area contributed by atoms with Gasteiger partial charge in [0.25, 0.3) is 11.8 Å². The Hall–Kier alpha value is -4.57. The van der Waals surface area contributed by atoms with Gasteiger partial charge < -0.3 is 20.1 Å². The van der Waals surface area contributed by atoms with Gasteiger partial charge >= 0.3 is 0 Å². The highest BCUT2D eigenvalue weighted by Crippen LogP contribution is 2.17. The Morgan fingerprint density at radius 2 is 1.45 bits per heavy atom. The first-order chi connectivity index (χ1) is 16.0. The predicted octanol–water partition coefficient (Wildman–Crippen LogP) is 4.57.